The fourth-order valence-electron chi connectivity index (χ4n) is 8.33. The highest BCUT2D eigenvalue weighted by atomic mass is 16.6. The molecule has 0 fully saturated rings. The standard InChI is InChI=1S/C50H52N6O10/c1-55(49(63)65-29-41-37-15-7-3-11-33(37)34-12-4-8-16-38(34)41)43(27-57)47(61)51-25-23-45(59)53-31-19-21-32(22-20-31)54-46(60)24-26-52-48(62)44(28-58)56(2)50(64)66-30-42-39-17-9-5-13-35(39)36-14-6-10-18-40(36)42/h3-22,41-44,57-58H,23-30H2,1-2H3,(H,51,61)(H,52,62)(H,53,59)(H,54,60)/t43-,44-/m0/s1. The van der Waals surface area contributed by atoms with Crippen molar-refractivity contribution in [3.8, 4) is 22.3 Å². The van der Waals surface area contributed by atoms with Gasteiger partial charge in [0, 0.05) is 63.2 Å². The van der Waals surface area contributed by atoms with Crippen LogP contribution in [0.5, 0.6) is 0 Å². The lowest BCUT2D eigenvalue weighted by Gasteiger charge is -2.26. The molecular weight excluding hydrogens is 845 g/mol. The third-order valence-electron chi connectivity index (χ3n) is 11.9. The van der Waals surface area contributed by atoms with Crippen molar-refractivity contribution in [2.45, 2.75) is 36.8 Å². The van der Waals surface area contributed by atoms with Crippen LogP contribution in [-0.4, -0.2) is 122 Å². The Hall–Kier alpha value is -7.56. The van der Waals surface area contributed by atoms with Crippen LogP contribution in [0.2, 0.25) is 0 Å². The van der Waals surface area contributed by atoms with E-state index in [2.05, 4.69) is 21.3 Å². The highest BCUT2D eigenvalue weighted by molar-refractivity contribution is 5.94. The van der Waals surface area contributed by atoms with Crippen molar-refractivity contribution in [1.29, 1.82) is 0 Å². The summed E-state index contributed by atoms with van der Waals surface area (Å²) in [5.74, 6) is -2.50. The van der Waals surface area contributed by atoms with Crippen molar-refractivity contribution >= 4 is 47.2 Å². The highest BCUT2D eigenvalue weighted by Gasteiger charge is 2.34. The summed E-state index contributed by atoms with van der Waals surface area (Å²) in [4.78, 5) is 79.3. The number of nitrogens with one attached hydrogen (secondary N) is 4. The number of rotatable bonds is 18. The number of anilines is 2. The zero-order chi connectivity index (χ0) is 46.7. The molecule has 0 spiro atoms. The molecule has 16 heteroatoms. The Bertz CT molecular complexity index is 2320. The molecule has 5 aromatic carbocycles. The SMILES string of the molecule is CN(C(=O)OCC1c2ccccc2-c2ccccc21)[C@@H](CO)C(=O)NCCC(=O)Nc1ccc(NC(=O)CCNC(=O)[C@H](CO)N(C)C(=O)OCC2c3ccccc3-c3ccccc32)cc1. The molecule has 342 valence electrons. The van der Waals surface area contributed by atoms with Gasteiger partial charge in [-0.25, -0.2) is 9.59 Å². The molecule has 5 aromatic rings. The van der Waals surface area contributed by atoms with E-state index in [9.17, 15) is 39.0 Å². The lowest BCUT2D eigenvalue weighted by atomic mass is 9.98. The zero-order valence-electron chi connectivity index (χ0n) is 36.6. The molecule has 0 aliphatic heterocycles. The molecular formula is C50H52N6O10. The molecule has 0 aromatic heterocycles. The largest absolute Gasteiger partial charge is 0.448 e. The predicted octanol–water partition coefficient (Wildman–Crippen LogP) is 5.06. The normalized spacial score (nSPS) is 13.2. The number of aliphatic hydroxyl groups excluding tert-OH is 2. The predicted molar refractivity (Wildman–Crippen MR) is 246 cm³/mol. The fourth-order valence-corrected chi connectivity index (χ4v) is 8.33. The number of hydrogen-bond acceptors (Lipinski definition) is 10. The van der Waals surface area contributed by atoms with Gasteiger partial charge in [-0.2, -0.15) is 0 Å². The topological polar surface area (TPSA) is 216 Å². The Morgan fingerprint density at radius 1 is 0.500 bits per heavy atom. The van der Waals surface area contributed by atoms with Crippen molar-refractivity contribution in [1.82, 2.24) is 20.4 Å². The highest BCUT2D eigenvalue weighted by Crippen LogP contribution is 2.45. The minimum absolute atomic E-state index is 0.0469. The maximum absolute atomic E-state index is 13.0. The summed E-state index contributed by atoms with van der Waals surface area (Å²) < 4.78 is 11.3. The van der Waals surface area contributed by atoms with E-state index in [-0.39, 0.29) is 51.0 Å². The van der Waals surface area contributed by atoms with Crippen LogP contribution in [0.15, 0.2) is 121 Å². The number of aliphatic hydroxyl groups is 2. The van der Waals surface area contributed by atoms with Gasteiger partial charge in [-0.1, -0.05) is 97.1 Å². The first-order chi connectivity index (χ1) is 32.0. The summed E-state index contributed by atoms with van der Waals surface area (Å²) in [6, 6.07) is 35.5. The molecule has 6 amide bonds. The summed E-state index contributed by atoms with van der Waals surface area (Å²) >= 11 is 0. The van der Waals surface area contributed by atoms with E-state index in [0.717, 1.165) is 54.3 Å². The van der Waals surface area contributed by atoms with Crippen molar-refractivity contribution in [3.63, 3.8) is 0 Å². The van der Waals surface area contributed by atoms with Gasteiger partial charge < -0.3 is 41.0 Å². The fraction of sp³-hybridized carbons (Fsp3) is 0.280. The van der Waals surface area contributed by atoms with E-state index in [4.69, 9.17) is 9.47 Å². The number of amides is 6. The van der Waals surface area contributed by atoms with Crippen molar-refractivity contribution in [2.24, 2.45) is 0 Å². The molecule has 0 saturated heterocycles. The van der Waals surface area contributed by atoms with E-state index in [1.807, 2.05) is 97.1 Å². The molecule has 7 rings (SSSR count). The molecule has 0 unspecified atom stereocenters. The number of ether oxygens (including phenoxy) is 2. The van der Waals surface area contributed by atoms with Gasteiger partial charge >= 0.3 is 12.2 Å². The van der Waals surface area contributed by atoms with Crippen molar-refractivity contribution in [2.75, 3.05) is 64.2 Å². The molecule has 0 bridgehead atoms. The number of hydrogen-bond donors (Lipinski definition) is 6. The van der Waals surface area contributed by atoms with Crippen LogP contribution in [0.25, 0.3) is 22.3 Å². The van der Waals surface area contributed by atoms with Gasteiger partial charge in [0.05, 0.1) is 13.2 Å². The summed E-state index contributed by atoms with van der Waals surface area (Å²) in [6.07, 6.45) is -1.78. The number of fused-ring (bicyclic) bond motifs is 6. The average Bonchev–Trinajstić information content (AvgIpc) is 3.83. The van der Waals surface area contributed by atoms with E-state index >= 15 is 0 Å². The second kappa shape index (κ2) is 21.4. The van der Waals surface area contributed by atoms with Crippen LogP contribution in [-0.2, 0) is 28.7 Å². The first-order valence-corrected chi connectivity index (χ1v) is 21.6. The van der Waals surface area contributed by atoms with Crippen LogP contribution in [0, 0.1) is 0 Å². The molecule has 6 N–H and O–H groups in total. The Morgan fingerprint density at radius 2 is 0.803 bits per heavy atom. The number of likely N-dealkylation sites (N-methyl/N-ethyl adjacent to an activating group) is 2. The van der Waals surface area contributed by atoms with E-state index in [1.165, 1.54) is 14.1 Å². The Kier molecular flexibility index (Phi) is 15.1. The first kappa shape index (κ1) is 46.4. The summed E-state index contributed by atoms with van der Waals surface area (Å²) in [5.41, 5.74) is 9.32. The molecule has 16 nitrogen and oxygen atoms in total. The quantitative estimate of drug-likeness (QED) is 0.0688. The van der Waals surface area contributed by atoms with Crippen LogP contribution in [0.1, 0.15) is 46.9 Å². The smallest absolute Gasteiger partial charge is 0.410 e. The van der Waals surface area contributed by atoms with Crippen molar-refractivity contribution < 1.29 is 48.5 Å². The van der Waals surface area contributed by atoms with E-state index < -0.39 is 61.1 Å². The second-order valence-electron chi connectivity index (χ2n) is 16.0. The molecule has 66 heavy (non-hydrogen) atoms. The maximum Gasteiger partial charge on any atom is 0.410 e. The lowest BCUT2D eigenvalue weighted by Crippen LogP contribution is -2.50. The van der Waals surface area contributed by atoms with Gasteiger partial charge in [0.15, 0.2) is 0 Å². The molecule has 2 aliphatic carbocycles. The summed E-state index contributed by atoms with van der Waals surface area (Å²) in [5, 5.41) is 30.6. The summed E-state index contributed by atoms with van der Waals surface area (Å²) in [6.45, 7) is -1.38. The molecule has 2 aliphatic rings. The maximum atomic E-state index is 13.0. The van der Waals surface area contributed by atoms with Gasteiger partial charge in [0.2, 0.25) is 23.6 Å². The van der Waals surface area contributed by atoms with Gasteiger partial charge in [-0.05, 0) is 68.8 Å². The van der Waals surface area contributed by atoms with Gasteiger partial charge in [0.1, 0.15) is 25.3 Å². The third kappa shape index (κ3) is 10.5. The lowest BCUT2D eigenvalue weighted by molar-refractivity contribution is -0.128. The number of nitrogens with zero attached hydrogens (tertiary/aromatic N) is 2. The number of carbonyl (C=O) groups is 6. The average molecular weight is 897 g/mol. The van der Waals surface area contributed by atoms with Crippen LogP contribution < -0.4 is 21.3 Å². The molecule has 0 radical (unpaired) electrons. The molecule has 0 saturated carbocycles. The molecule has 0 heterocycles. The van der Waals surface area contributed by atoms with Gasteiger partial charge in [-0.15, -0.1) is 0 Å². The summed E-state index contributed by atoms with van der Waals surface area (Å²) in [7, 11) is 2.73. The monoisotopic (exact) mass is 896 g/mol. The van der Waals surface area contributed by atoms with Crippen LogP contribution in [0.3, 0.4) is 0 Å². The Labute approximate surface area is 381 Å². The number of benzene rings is 5. The minimum Gasteiger partial charge on any atom is -0.448 e. The number of carbonyl (C=O) groups excluding carboxylic acids is 6. The van der Waals surface area contributed by atoms with E-state index in [0.29, 0.717) is 11.4 Å². The van der Waals surface area contributed by atoms with Gasteiger partial charge in [-0.3, -0.25) is 29.0 Å². The third-order valence-corrected chi connectivity index (χ3v) is 11.9. The minimum atomic E-state index is -1.25. The zero-order valence-corrected chi connectivity index (χ0v) is 36.6. The Balaban J connectivity index is 0.785. The van der Waals surface area contributed by atoms with Crippen molar-refractivity contribution in [3.05, 3.63) is 144 Å². The second-order valence-corrected chi connectivity index (χ2v) is 16.0. The van der Waals surface area contributed by atoms with Gasteiger partial charge in [0.25, 0.3) is 0 Å². The Morgan fingerprint density at radius 3 is 1.11 bits per heavy atom. The first-order valence-electron chi connectivity index (χ1n) is 21.6. The van der Waals surface area contributed by atoms with Crippen LogP contribution in [0.4, 0.5) is 21.0 Å². The van der Waals surface area contributed by atoms with Crippen LogP contribution >= 0.6 is 0 Å². The molecule has 2 atom stereocenters. The van der Waals surface area contributed by atoms with E-state index in [1.54, 1.807) is 24.3 Å².